The molecule has 0 aliphatic heterocycles. The Labute approximate surface area is 495 Å². The standard InChI is InChI=1S/C42H27N9.C27H21N9/c1-4-16-28(17-5-1)37-43-31-22-10-13-25-34(31)49(37)40-46-41(50-35-26-14-11-23-32(35)44-38(50)29-18-6-2-7-19-29)48-42(47-40)51-36-27-15-12-24-33(36)45-39(51)30-20-8-3-9-21-30;1-16-28-19-10-4-7-13-22(19)34(16)25-31-26(35-17(2)29-20-11-5-8-14-23(20)35)33-27(32-25)36-18(3)30-21-12-6-9-15-24(21)36/h1-27H;4-15H,1-3H3. The van der Waals surface area contributed by atoms with E-state index in [9.17, 15) is 0 Å². The summed E-state index contributed by atoms with van der Waals surface area (Å²) in [5.41, 5.74) is 13.3. The number of imidazole rings is 6. The summed E-state index contributed by atoms with van der Waals surface area (Å²) in [6.45, 7) is 5.87. The molecule has 8 heterocycles. The van der Waals surface area contributed by atoms with Crippen molar-refractivity contribution >= 4 is 66.2 Å². The maximum Gasteiger partial charge on any atom is 0.242 e. The van der Waals surface area contributed by atoms with E-state index >= 15 is 0 Å². The number of benzene rings is 9. The van der Waals surface area contributed by atoms with Gasteiger partial charge in [0.15, 0.2) is 0 Å². The molecule has 0 spiro atoms. The molecule has 18 nitrogen and oxygen atoms in total. The minimum atomic E-state index is 0.413. The first-order valence-electron chi connectivity index (χ1n) is 28.3. The van der Waals surface area contributed by atoms with Crippen molar-refractivity contribution in [1.82, 2.24) is 87.2 Å². The summed E-state index contributed by atoms with van der Waals surface area (Å²) >= 11 is 0. The maximum absolute atomic E-state index is 5.27. The summed E-state index contributed by atoms with van der Waals surface area (Å²) in [4.78, 5) is 60.2. The fraction of sp³-hybridized carbons (Fsp3) is 0.0435. The Morgan fingerprint density at radius 1 is 0.184 bits per heavy atom. The zero-order chi connectivity index (χ0) is 58.1. The van der Waals surface area contributed by atoms with Crippen molar-refractivity contribution in [3.8, 4) is 69.9 Å². The van der Waals surface area contributed by atoms with Crippen LogP contribution in [0.25, 0.3) is 136 Å². The number of rotatable bonds is 9. The molecule has 17 rings (SSSR count). The average molecular weight is 1130 g/mol. The first kappa shape index (κ1) is 50.5. The van der Waals surface area contributed by atoms with Crippen LogP contribution < -0.4 is 0 Å². The van der Waals surface area contributed by atoms with Gasteiger partial charge in [-0.25, -0.2) is 29.9 Å². The van der Waals surface area contributed by atoms with Crippen LogP contribution in [0.4, 0.5) is 0 Å². The van der Waals surface area contributed by atoms with E-state index in [-0.39, 0.29) is 0 Å². The quantitative estimate of drug-likeness (QED) is 0.133. The number of hydrogen-bond acceptors (Lipinski definition) is 12. The van der Waals surface area contributed by atoms with Gasteiger partial charge in [-0.15, -0.1) is 0 Å². The largest absolute Gasteiger partial charge is 0.264 e. The van der Waals surface area contributed by atoms with E-state index in [0.29, 0.717) is 35.7 Å². The minimum absolute atomic E-state index is 0.413. The van der Waals surface area contributed by atoms with Crippen molar-refractivity contribution in [2.75, 3.05) is 0 Å². The smallest absolute Gasteiger partial charge is 0.242 e. The van der Waals surface area contributed by atoms with Gasteiger partial charge in [-0.3, -0.25) is 27.4 Å². The molecule has 18 heteroatoms. The van der Waals surface area contributed by atoms with Gasteiger partial charge in [0.05, 0.1) is 66.2 Å². The van der Waals surface area contributed by atoms with Gasteiger partial charge in [-0.2, -0.15) is 29.9 Å². The summed E-state index contributed by atoms with van der Waals surface area (Å²) in [5, 5.41) is 0. The van der Waals surface area contributed by atoms with Gasteiger partial charge >= 0.3 is 0 Å². The molecule has 17 aromatic rings. The van der Waals surface area contributed by atoms with Gasteiger partial charge in [-0.05, 0) is 93.6 Å². The van der Waals surface area contributed by atoms with Crippen LogP contribution in [0.3, 0.4) is 0 Å². The van der Waals surface area contributed by atoms with E-state index in [1.54, 1.807) is 0 Å². The van der Waals surface area contributed by atoms with Crippen molar-refractivity contribution in [3.05, 3.63) is 254 Å². The van der Waals surface area contributed by atoms with Gasteiger partial charge in [0.2, 0.25) is 35.7 Å². The first-order valence-corrected chi connectivity index (χ1v) is 28.3. The van der Waals surface area contributed by atoms with E-state index in [2.05, 4.69) is 36.4 Å². The topological polar surface area (TPSA) is 184 Å². The van der Waals surface area contributed by atoms with E-state index in [4.69, 9.17) is 59.8 Å². The lowest BCUT2D eigenvalue weighted by Gasteiger charge is -2.15. The molecule has 0 amide bonds. The minimum Gasteiger partial charge on any atom is -0.264 e. The maximum atomic E-state index is 5.27. The van der Waals surface area contributed by atoms with Crippen LogP contribution in [0.1, 0.15) is 17.5 Å². The highest BCUT2D eigenvalue weighted by Crippen LogP contribution is 2.34. The number of nitrogens with zero attached hydrogens (tertiary/aromatic N) is 18. The van der Waals surface area contributed by atoms with Crippen LogP contribution in [0.5, 0.6) is 0 Å². The Morgan fingerprint density at radius 3 is 0.609 bits per heavy atom. The lowest BCUT2D eigenvalue weighted by Crippen LogP contribution is -2.15. The molecule has 0 aliphatic rings. The molecule has 0 saturated heterocycles. The molecule has 0 bridgehead atoms. The third-order valence-corrected chi connectivity index (χ3v) is 15.4. The monoisotopic (exact) mass is 1130 g/mol. The summed E-state index contributed by atoms with van der Waals surface area (Å²) in [6, 6.07) is 78.5. The van der Waals surface area contributed by atoms with E-state index in [1.807, 2.05) is 248 Å². The molecule has 8 aromatic heterocycles. The predicted molar refractivity (Wildman–Crippen MR) is 338 cm³/mol. The fourth-order valence-corrected chi connectivity index (χ4v) is 11.5. The number of hydrogen-bond donors (Lipinski definition) is 0. The Hall–Kier alpha value is -12.2. The van der Waals surface area contributed by atoms with Gasteiger partial charge in [0.25, 0.3) is 0 Å². The molecule has 87 heavy (non-hydrogen) atoms. The Balaban J connectivity index is 0.000000149. The molecular formula is C69H48N18. The molecular weight excluding hydrogens is 1080 g/mol. The third-order valence-electron chi connectivity index (χ3n) is 15.4. The highest BCUT2D eigenvalue weighted by Gasteiger charge is 2.26. The van der Waals surface area contributed by atoms with Crippen molar-refractivity contribution in [3.63, 3.8) is 0 Å². The van der Waals surface area contributed by atoms with Crippen molar-refractivity contribution < 1.29 is 0 Å². The Bertz CT molecular complexity index is 4900. The van der Waals surface area contributed by atoms with Crippen LogP contribution >= 0.6 is 0 Å². The average Bonchev–Trinajstić information content (AvgIpc) is 2.14. The summed E-state index contributed by atoms with van der Waals surface area (Å²) < 4.78 is 11.9. The Morgan fingerprint density at radius 2 is 0.368 bits per heavy atom. The van der Waals surface area contributed by atoms with Crippen LogP contribution in [0.15, 0.2) is 237 Å². The second-order valence-electron chi connectivity index (χ2n) is 20.8. The highest BCUT2D eigenvalue weighted by molar-refractivity contribution is 5.86. The van der Waals surface area contributed by atoms with Gasteiger partial charge in [-0.1, -0.05) is 164 Å². The van der Waals surface area contributed by atoms with E-state index < -0.39 is 0 Å². The zero-order valence-electron chi connectivity index (χ0n) is 47.1. The van der Waals surface area contributed by atoms with Gasteiger partial charge in [0.1, 0.15) is 34.9 Å². The summed E-state index contributed by atoms with van der Waals surface area (Å²) in [7, 11) is 0. The van der Waals surface area contributed by atoms with E-state index in [0.717, 1.165) is 118 Å². The number of para-hydroxylation sites is 12. The van der Waals surface area contributed by atoms with Crippen LogP contribution in [-0.4, -0.2) is 87.2 Å². The molecule has 0 fully saturated rings. The van der Waals surface area contributed by atoms with Crippen molar-refractivity contribution in [1.29, 1.82) is 0 Å². The highest BCUT2D eigenvalue weighted by atomic mass is 15.4. The van der Waals surface area contributed by atoms with Gasteiger partial charge in [0, 0.05) is 16.7 Å². The van der Waals surface area contributed by atoms with Crippen molar-refractivity contribution in [2.45, 2.75) is 20.8 Å². The molecule has 0 radical (unpaired) electrons. The molecule has 9 aromatic carbocycles. The van der Waals surface area contributed by atoms with Crippen LogP contribution in [0.2, 0.25) is 0 Å². The van der Waals surface area contributed by atoms with E-state index in [1.165, 1.54) is 0 Å². The summed E-state index contributed by atoms with van der Waals surface area (Å²) in [5.74, 6) is 7.22. The third kappa shape index (κ3) is 8.65. The number of aromatic nitrogens is 18. The zero-order valence-corrected chi connectivity index (χ0v) is 47.1. The number of fused-ring (bicyclic) bond motifs is 6. The second-order valence-corrected chi connectivity index (χ2v) is 20.8. The molecule has 414 valence electrons. The Kier molecular flexibility index (Phi) is 12.0. The van der Waals surface area contributed by atoms with Crippen molar-refractivity contribution in [2.24, 2.45) is 0 Å². The lowest BCUT2D eigenvalue weighted by atomic mass is 10.2. The SMILES string of the molecule is Cc1nc2ccccc2n1-c1nc(-n2c(C)nc3ccccc32)nc(-n2c(C)nc3ccccc32)n1.c1ccc(-c2nc3ccccc3n2-c2nc(-n3c(-c4ccccc4)nc4ccccc43)nc(-n3c(-c4ccccc4)nc4ccccc43)n2)cc1. The van der Waals surface area contributed by atoms with Gasteiger partial charge < -0.3 is 0 Å². The first-order chi connectivity index (χ1) is 42.9. The fourth-order valence-electron chi connectivity index (χ4n) is 11.5. The van der Waals surface area contributed by atoms with Crippen LogP contribution in [-0.2, 0) is 0 Å². The molecule has 0 aliphatic carbocycles. The second kappa shape index (κ2) is 20.6. The number of aryl methyl sites for hydroxylation is 3. The molecule has 0 atom stereocenters. The molecule has 0 N–H and O–H groups in total. The molecule has 0 saturated carbocycles. The van der Waals surface area contributed by atoms with Crippen LogP contribution in [0, 0.1) is 20.8 Å². The lowest BCUT2D eigenvalue weighted by molar-refractivity contribution is 0.788. The summed E-state index contributed by atoms with van der Waals surface area (Å²) in [6.07, 6.45) is 0. The normalized spacial score (nSPS) is 11.6. The molecule has 0 unspecified atom stereocenters. The predicted octanol–water partition coefficient (Wildman–Crippen LogP) is 13.7.